The molecule has 0 bridgehead atoms. The summed E-state index contributed by atoms with van der Waals surface area (Å²) < 4.78 is 0. The van der Waals surface area contributed by atoms with Gasteiger partial charge in [-0.1, -0.05) is 0 Å². The molecule has 3 heteroatoms. The minimum atomic E-state index is -0.843. The molecule has 0 aromatic heterocycles. The van der Waals surface area contributed by atoms with Crippen LogP contribution in [0.2, 0.25) is 0 Å². The molecule has 1 aliphatic heterocycles. The Balaban J connectivity index is 2.09. The van der Waals surface area contributed by atoms with Crippen LogP contribution in [0.5, 0.6) is 0 Å². The Morgan fingerprint density at radius 3 is 2.38 bits per heavy atom. The van der Waals surface area contributed by atoms with Gasteiger partial charge in [-0.25, -0.2) is 0 Å². The summed E-state index contributed by atoms with van der Waals surface area (Å²) in [6, 6.07) is 0. The van der Waals surface area contributed by atoms with E-state index in [1.807, 2.05) is 0 Å². The van der Waals surface area contributed by atoms with Crippen molar-refractivity contribution >= 4 is 5.97 Å². The second-order valence-corrected chi connectivity index (χ2v) is 1.86. The minimum Gasteiger partial charge on any atom is -0.480 e. The molecule has 0 unspecified atom stereocenters. The van der Waals surface area contributed by atoms with Crippen LogP contribution >= 0.6 is 0 Å². The summed E-state index contributed by atoms with van der Waals surface area (Å²) in [6.07, 6.45) is 1.13. The van der Waals surface area contributed by atoms with Gasteiger partial charge < -0.3 is 5.11 Å². The summed E-state index contributed by atoms with van der Waals surface area (Å²) in [5, 5.41) is 8.15. The molecule has 1 radical (unpaired) electrons. The van der Waals surface area contributed by atoms with Gasteiger partial charge >= 0.3 is 5.97 Å². The third-order valence-electron chi connectivity index (χ3n) is 1.18. The first-order valence-electron chi connectivity index (χ1n) is 2.61. The molecule has 1 fully saturated rings. The van der Waals surface area contributed by atoms with E-state index >= 15 is 0 Å². The number of nitrogens with zero attached hydrogens (tertiary/aromatic N) is 1. The predicted octanol–water partition coefficient (Wildman–Crippen LogP) is -0.0615. The third kappa shape index (κ3) is 1.20. The summed E-state index contributed by atoms with van der Waals surface area (Å²) in [7, 11) is 0. The molecule has 0 aliphatic carbocycles. The molecule has 45 valence electrons. The van der Waals surface area contributed by atoms with Gasteiger partial charge in [0.05, 0.1) is 0 Å². The maximum atomic E-state index is 9.91. The van der Waals surface area contributed by atoms with Crippen LogP contribution in [0.1, 0.15) is 6.42 Å². The van der Waals surface area contributed by atoms with Crippen molar-refractivity contribution in [3.8, 4) is 0 Å². The van der Waals surface area contributed by atoms with Crippen LogP contribution in [0.3, 0.4) is 0 Å². The predicted molar refractivity (Wildman–Crippen MR) is 28.1 cm³/mol. The number of carboxylic acid groups (broad SMARTS) is 1. The number of rotatable bonds is 2. The molecular formula is C5H8NO2. The van der Waals surface area contributed by atoms with Gasteiger partial charge in [-0.15, -0.1) is 0 Å². The fourth-order valence-electron chi connectivity index (χ4n) is 0.626. The lowest BCUT2D eigenvalue weighted by Crippen LogP contribution is -2.36. The molecule has 1 aliphatic rings. The highest BCUT2D eigenvalue weighted by molar-refractivity contribution is 5.76. The lowest BCUT2D eigenvalue weighted by molar-refractivity contribution is -0.135. The molecule has 0 aromatic rings. The van der Waals surface area contributed by atoms with Crippen LogP contribution in [0, 0.1) is 6.54 Å². The van der Waals surface area contributed by atoms with E-state index in [-0.39, 0.29) is 0 Å². The fourth-order valence-corrected chi connectivity index (χ4v) is 0.626. The highest BCUT2D eigenvalue weighted by Crippen LogP contribution is 2.06. The molecule has 3 nitrogen and oxygen atoms in total. The van der Waals surface area contributed by atoms with Crippen molar-refractivity contribution in [2.24, 2.45) is 0 Å². The molecule has 0 spiro atoms. The monoisotopic (exact) mass is 114 g/mol. The molecule has 1 heterocycles. The first-order valence-corrected chi connectivity index (χ1v) is 2.61. The normalized spacial score (nSPS) is 20.0. The maximum absolute atomic E-state index is 9.91. The molecule has 1 saturated heterocycles. The first-order chi connectivity index (χ1) is 3.79. The Kier molecular flexibility index (Phi) is 1.48. The number of aliphatic carboxylic acids is 1. The van der Waals surface area contributed by atoms with Crippen molar-refractivity contribution in [3.05, 3.63) is 6.54 Å². The zero-order valence-corrected chi connectivity index (χ0v) is 4.50. The van der Waals surface area contributed by atoms with Crippen LogP contribution in [0.4, 0.5) is 0 Å². The molecular weight excluding hydrogens is 106 g/mol. The molecule has 0 atom stereocenters. The van der Waals surface area contributed by atoms with Gasteiger partial charge in [0, 0.05) is 13.1 Å². The topological polar surface area (TPSA) is 40.5 Å². The second-order valence-electron chi connectivity index (χ2n) is 1.86. The van der Waals surface area contributed by atoms with E-state index in [1.165, 1.54) is 6.54 Å². The largest absolute Gasteiger partial charge is 0.480 e. The van der Waals surface area contributed by atoms with Gasteiger partial charge in [-0.3, -0.25) is 9.69 Å². The van der Waals surface area contributed by atoms with E-state index in [9.17, 15) is 4.79 Å². The van der Waals surface area contributed by atoms with Gasteiger partial charge in [0.25, 0.3) is 0 Å². The molecule has 1 rings (SSSR count). The summed E-state index contributed by atoms with van der Waals surface area (Å²) in [6.45, 7) is 3.04. The quantitative estimate of drug-likeness (QED) is 0.546. The summed E-state index contributed by atoms with van der Waals surface area (Å²) in [5.74, 6) is -0.843. The summed E-state index contributed by atoms with van der Waals surface area (Å²) >= 11 is 0. The number of hydrogen-bond donors (Lipinski definition) is 1. The van der Waals surface area contributed by atoms with Crippen LogP contribution in [-0.2, 0) is 4.79 Å². The Morgan fingerprint density at radius 1 is 1.62 bits per heavy atom. The molecule has 1 N–H and O–H groups in total. The second kappa shape index (κ2) is 2.13. The van der Waals surface area contributed by atoms with Gasteiger partial charge in [0.15, 0.2) is 0 Å². The SMILES string of the molecule is O=C(O)[CH]N1CCC1. The van der Waals surface area contributed by atoms with E-state index in [4.69, 9.17) is 5.11 Å². The highest BCUT2D eigenvalue weighted by atomic mass is 16.4. The lowest BCUT2D eigenvalue weighted by atomic mass is 10.2. The van der Waals surface area contributed by atoms with E-state index in [0.717, 1.165) is 19.5 Å². The van der Waals surface area contributed by atoms with Crippen molar-refractivity contribution in [2.75, 3.05) is 13.1 Å². The van der Waals surface area contributed by atoms with Crippen molar-refractivity contribution in [3.63, 3.8) is 0 Å². The van der Waals surface area contributed by atoms with Gasteiger partial charge in [0.1, 0.15) is 6.54 Å². The molecule has 0 saturated carbocycles. The number of carbonyl (C=O) groups is 1. The van der Waals surface area contributed by atoms with E-state index in [2.05, 4.69) is 0 Å². The summed E-state index contributed by atoms with van der Waals surface area (Å²) in [4.78, 5) is 11.7. The molecule has 0 amide bonds. The smallest absolute Gasteiger partial charge is 0.323 e. The zero-order valence-electron chi connectivity index (χ0n) is 4.50. The maximum Gasteiger partial charge on any atom is 0.323 e. The standard InChI is InChI=1S/C5H8NO2/c7-5(8)4-6-2-1-3-6/h4H,1-3H2,(H,7,8). The molecule has 8 heavy (non-hydrogen) atoms. The van der Waals surface area contributed by atoms with Crippen molar-refractivity contribution in [1.29, 1.82) is 0 Å². The lowest BCUT2D eigenvalue weighted by Gasteiger charge is -2.27. The Bertz CT molecular complexity index is 98.6. The number of likely N-dealkylation sites (tertiary alicyclic amines) is 1. The highest BCUT2D eigenvalue weighted by Gasteiger charge is 2.16. The Morgan fingerprint density at radius 2 is 2.25 bits per heavy atom. The van der Waals surface area contributed by atoms with Crippen LogP contribution in [-0.4, -0.2) is 29.1 Å². The third-order valence-corrected chi connectivity index (χ3v) is 1.18. The first kappa shape index (κ1) is 5.56. The van der Waals surface area contributed by atoms with Crippen molar-refractivity contribution in [1.82, 2.24) is 4.90 Å². The average Bonchev–Trinajstić information content (AvgIpc) is 1.55. The van der Waals surface area contributed by atoms with E-state index in [0.29, 0.717) is 0 Å². The van der Waals surface area contributed by atoms with Crippen molar-refractivity contribution < 1.29 is 9.90 Å². The van der Waals surface area contributed by atoms with Crippen LogP contribution in [0.15, 0.2) is 0 Å². The van der Waals surface area contributed by atoms with Gasteiger partial charge in [0.2, 0.25) is 0 Å². The zero-order chi connectivity index (χ0) is 5.98. The Hall–Kier alpha value is -0.570. The minimum absolute atomic E-state index is 0.843. The van der Waals surface area contributed by atoms with E-state index in [1.54, 1.807) is 4.90 Å². The van der Waals surface area contributed by atoms with Crippen LogP contribution < -0.4 is 0 Å². The van der Waals surface area contributed by atoms with Gasteiger partial charge in [-0.05, 0) is 6.42 Å². The van der Waals surface area contributed by atoms with Crippen molar-refractivity contribution in [2.45, 2.75) is 6.42 Å². The average molecular weight is 114 g/mol. The summed E-state index contributed by atoms with van der Waals surface area (Å²) in [5.41, 5.74) is 0. The molecule has 0 aromatic carbocycles. The van der Waals surface area contributed by atoms with E-state index < -0.39 is 5.97 Å². The Labute approximate surface area is 47.9 Å². The van der Waals surface area contributed by atoms with Crippen LogP contribution in [0.25, 0.3) is 0 Å². The van der Waals surface area contributed by atoms with Gasteiger partial charge in [-0.2, -0.15) is 0 Å². The fraction of sp³-hybridized carbons (Fsp3) is 0.600. The number of hydrogen-bond acceptors (Lipinski definition) is 2. The number of carboxylic acids is 1.